The van der Waals surface area contributed by atoms with Crippen LogP contribution in [0.25, 0.3) is 10.9 Å². The van der Waals surface area contributed by atoms with Gasteiger partial charge in [0.1, 0.15) is 7.05 Å². The maximum absolute atomic E-state index is 12.8. The second kappa shape index (κ2) is 12.7. The van der Waals surface area contributed by atoms with Crippen molar-refractivity contribution in [3.63, 3.8) is 0 Å². The SMILES string of the molecule is C[n+]1ccc(Nc2cccc(C(=O)Nc3ccc(Nc4ccnc5cc([N+](=O)[O-])ccc45)cc3)c2)cc1.Cl.[Cl-]. The molecule has 39 heavy (non-hydrogen) atoms. The van der Waals surface area contributed by atoms with E-state index in [0.717, 1.165) is 28.1 Å². The standard InChI is InChI=1S/C28H22N6O3.2ClH/c1-33-15-12-22(13-16-33)30-23-4-2-3-19(17-23)28(35)32-21-7-5-20(6-8-21)31-26-11-14-29-27-18-24(34(36)37)9-10-25(26)27;;/h2-18H,1H3,(H2,29,31,32,35);2*1H. The lowest BCUT2D eigenvalue weighted by Gasteiger charge is -2.11. The van der Waals surface area contributed by atoms with E-state index < -0.39 is 4.92 Å². The van der Waals surface area contributed by atoms with Gasteiger partial charge in [-0.2, -0.15) is 0 Å². The molecule has 0 aliphatic carbocycles. The highest BCUT2D eigenvalue weighted by atomic mass is 35.5. The maximum Gasteiger partial charge on any atom is 0.271 e. The normalized spacial score (nSPS) is 10.1. The zero-order valence-corrected chi connectivity index (χ0v) is 22.2. The molecule has 0 radical (unpaired) electrons. The lowest BCUT2D eigenvalue weighted by Crippen LogP contribution is -3.00. The van der Waals surface area contributed by atoms with Crippen LogP contribution >= 0.6 is 12.4 Å². The van der Waals surface area contributed by atoms with E-state index in [-0.39, 0.29) is 36.4 Å². The van der Waals surface area contributed by atoms with E-state index in [1.165, 1.54) is 12.1 Å². The Bertz CT molecular complexity index is 1610. The van der Waals surface area contributed by atoms with Gasteiger partial charge in [0.15, 0.2) is 12.4 Å². The summed E-state index contributed by atoms with van der Waals surface area (Å²) in [5, 5.41) is 21.4. The average Bonchev–Trinajstić information content (AvgIpc) is 2.91. The third-order valence-corrected chi connectivity index (χ3v) is 5.75. The van der Waals surface area contributed by atoms with Crippen LogP contribution in [0.4, 0.5) is 34.1 Å². The van der Waals surface area contributed by atoms with Crippen LogP contribution in [0.1, 0.15) is 10.4 Å². The number of carbonyl (C=O) groups is 1. The second-order valence-corrected chi connectivity index (χ2v) is 8.43. The van der Waals surface area contributed by atoms with Crippen LogP contribution in [0.2, 0.25) is 0 Å². The number of fused-ring (bicyclic) bond motifs is 1. The number of benzene rings is 3. The number of rotatable bonds is 7. The average molecular weight is 563 g/mol. The number of nitrogens with zero attached hydrogens (tertiary/aromatic N) is 3. The third-order valence-electron chi connectivity index (χ3n) is 5.75. The predicted molar refractivity (Wildman–Crippen MR) is 151 cm³/mol. The molecule has 2 heterocycles. The number of nitro benzene ring substituents is 1. The van der Waals surface area contributed by atoms with Crippen molar-refractivity contribution in [3.8, 4) is 0 Å². The number of carbonyl (C=O) groups excluding carboxylic acids is 1. The quantitative estimate of drug-likeness (QED) is 0.159. The van der Waals surface area contributed by atoms with E-state index in [1.54, 1.807) is 42.6 Å². The molecule has 3 aromatic carbocycles. The molecule has 0 atom stereocenters. The van der Waals surface area contributed by atoms with E-state index in [4.69, 9.17) is 0 Å². The minimum Gasteiger partial charge on any atom is -1.00 e. The van der Waals surface area contributed by atoms with Crippen molar-refractivity contribution in [2.75, 3.05) is 16.0 Å². The number of nitro groups is 1. The first-order chi connectivity index (χ1) is 17.9. The molecule has 11 heteroatoms. The summed E-state index contributed by atoms with van der Waals surface area (Å²) in [6.07, 6.45) is 5.49. The van der Waals surface area contributed by atoms with Gasteiger partial charge in [0.05, 0.1) is 16.1 Å². The summed E-state index contributed by atoms with van der Waals surface area (Å²) in [6, 6.07) is 24.9. The molecule has 0 saturated carbocycles. The van der Waals surface area contributed by atoms with Gasteiger partial charge in [-0.1, -0.05) is 6.07 Å². The van der Waals surface area contributed by atoms with Gasteiger partial charge in [0.2, 0.25) is 0 Å². The fourth-order valence-corrected chi connectivity index (χ4v) is 3.84. The molecular weight excluding hydrogens is 539 g/mol. The topological polar surface area (TPSA) is 113 Å². The van der Waals surface area contributed by atoms with E-state index in [1.807, 2.05) is 60.4 Å². The van der Waals surface area contributed by atoms with Gasteiger partial charge in [0.25, 0.3) is 11.6 Å². The van der Waals surface area contributed by atoms with Crippen LogP contribution in [-0.2, 0) is 7.05 Å². The van der Waals surface area contributed by atoms with E-state index in [0.29, 0.717) is 16.8 Å². The summed E-state index contributed by atoms with van der Waals surface area (Å²) in [4.78, 5) is 27.7. The van der Waals surface area contributed by atoms with Crippen molar-refractivity contribution >= 4 is 63.3 Å². The minimum atomic E-state index is -0.440. The van der Waals surface area contributed by atoms with Crippen molar-refractivity contribution in [2.45, 2.75) is 0 Å². The van der Waals surface area contributed by atoms with Gasteiger partial charge in [-0.05, 0) is 54.6 Å². The summed E-state index contributed by atoms with van der Waals surface area (Å²) < 4.78 is 1.95. The smallest absolute Gasteiger partial charge is 0.271 e. The summed E-state index contributed by atoms with van der Waals surface area (Å²) in [5.74, 6) is -0.217. The minimum absolute atomic E-state index is 0. The number of hydrogen-bond acceptors (Lipinski definition) is 6. The number of nitrogens with one attached hydrogen (secondary N) is 3. The van der Waals surface area contributed by atoms with Crippen molar-refractivity contribution < 1.29 is 26.7 Å². The molecule has 198 valence electrons. The molecule has 5 rings (SSSR count). The Hall–Kier alpha value is -4.73. The molecule has 1 amide bonds. The Balaban J connectivity index is 0.00000210. The van der Waals surface area contributed by atoms with Gasteiger partial charge in [0, 0.05) is 64.2 Å². The summed E-state index contributed by atoms with van der Waals surface area (Å²) in [5.41, 5.74) is 5.02. The molecule has 0 unspecified atom stereocenters. The Kier molecular flexibility index (Phi) is 9.38. The Morgan fingerprint density at radius 3 is 2.26 bits per heavy atom. The summed E-state index contributed by atoms with van der Waals surface area (Å²) >= 11 is 0. The van der Waals surface area contributed by atoms with Gasteiger partial charge in [-0.3, -0.25) is 19.9 Å². The van der Waals surface area contributed by atoms with Crippen LogP contribution < -0.4 is 32.9 Å². The fourth-order valence-electron chi connectivity index (χ4n) is 3.84. The Morgan fingerprint density at radius 1 is 0.846 bits per heavy atom. The molecule has 0 saturated heterocycles. The summed E-state index contributed by atoms with van der Waals surface area (Å²) in [6.45, 7) is 0. The van der Waals surface area contributed by atoms with Gasteiger partial charge < -0.3 is 28.4 Å². The second-order valence-electron chi connectivity index (χ2n) is 8.43. The lowest BCUT2D eigenvalue weighted by atomic mass is 10.1. The highest BCUT2D eigenvalue weighted by Crippen LogP contribution is 2.28. The largest absolute Gasteiger partial charge is 1.00 e. The van der Waals surface area contributed by atoms with Crippen molar-refractivity contribution in [1.82, 2.24) is 4.98 Å². The molecule has 0 aliphatic rings. The van der Waals surface area contributed by atoms with E-state index in [2.05, 4.69) is 20.9 Å². The number of hydrogen-bond donors (Lipinski definition) is 3. The first-order valence-corrected chi connectivity index (χ1v) is 11.5. The highest BCUT2D eigenvalue weighted by Gasteiger charge is 2.11. The number of anilines is 5. The van der Waals surface area contributed by atoms with Gasteiger partial charge in [-0.15, -0.1) is 12.4 Å². The van der Waals surface area contributed by atoms with Crippen molar-refractivity contribution in [2.24, 2.45) is 7.05 Å². The molecule has 0 fully saturated rings. The molecular formula is C28H24Cl2N6O3. The molecule has 0 bridgehead atoms. The number of non-ortho nitro benzene ring substituents is 1. The Labute approximate surface area is 236 Å². The molecule has 0 spiro atoms. The van der Waals surface area contributed by atoms with Crippen LogP contribution in [-0.4, -0.2) is 15.8 Å². The maximum atomic E-state index is 12.8. The monoisotopic (exact) mass is 562 g/mol. The number of aryl methyl sites for hydroxylation is 1. The van der Waals surface area contributed by atoms with E-state index in [9.17, 15) is 14.9 Å². The van der Waals surface area contributed by atoms with Crippen LogP contribution in [0, 0.1) is 10.1 Å². The van der Waals surface area contributed by atoms with Crippen molar-refractivity contribution in [3.05, 3.63) is 119 Å². The zero-order valence-electron chi connectivity index (χ0n) is 20.7. The number of amides is 1. The first kappa shape index (κ1) is 28.8. The van der Waals surface area contributed by atoms with Gasteiger partial charge in [-0.25, -0.2) is 4.57 Å². The number of aromatic nitrogens is 2. The van der Waals surface area contributed by atoms with Crippen molar-refractivity contribution in [1.29, 1.82) is 0 Å². The van der Waals surface area contributed by atoms with Crippen LogP contribution in [0.5, 0.6) is 0 Å². The lowest BCUT2D eigenvalue weighted by molar-refractivity contribution is -0.671. The molecule has 5 aromatic rings. The number of pyridine rings is 2. The Morgan fingerprint density at radius 2 is 1.54 bits per heavy atom. The van der Waals surface area contributed by atoms with Crippen LogP contribution in [0.15, 0.2) is 104 Å². The first-order valence-electron chi connectivity index (χ1n) is 11.5. The summed E-state index contributed by atoms with van der Waals surface area (Å²) in [7, 11) is 1.95. The fraction of sp³-hybridized carbons (Fsp3) is 0.0357. The number of halogens is 2. The predicted octanol–water partition coefficient (Wildman–Crippen LogP) is 3.13. The molecule has 0 aliphatic heterocycles. The van der Waals surface area contributed by atoms with Gasteiger partial charge >= 0.3 is 0 Å². The molecule has 3 N–H and O–H groups in total. The van der Waals surface area contributed by atoms with E-state index >= 15 is 0 Å². The zero-order chi connectivity index (χ0) is 25.8. The molecule has 9 nitrogen and oxygen atoms in total. The molecule has 2 aromatic heterocycles. The van der Waals surface area contributed by atoms with Crippen LogP contribution in [0.3, 0.4) is 0 Å². The third kappa shape index (κ3) is 6.98. The highest BCUT2D eigenvalue weighted by molar-refractivity contribution is 6.05.